The normalized spacial score (nSPS) is 11.9. The molecular weight excluding hydrogens is 374 g/mol. The van der Waals surface area contributed by atoms with Gasteiger partial charge in [0, 0.05) is 14.6 Å². The van der Waals surface area contributed by atoms with Crippen molar-refractivity contribution < 1.29 is 9.90 Å². The van der Waals surface area contributed by atoms with Gasteiger partial charge in [-0.25, -0.2) is 4.79 Å². The predicted octanol–water partition coefficient (Wildman–Crippen LogP) is 4.45. The number of carboxylic acids is 1. The largest absolute Gasteiger partial charge is 0.479 e. The van der Waals surface area contributed by atoms with E-state index in [2.05, 4.69) is 37.2 Å². The van der Waals surface area contributed by atoms with Gasteiger partial charge in [0.2, 0.25) is 0 Å². The lowest BCUT2D eigenvalue weighted by atomic mass is 10.1. The Hall–Kier alpha value is -1.33. The Morgan fingerprint density at radius 2 is 1.74 bits per heavy atom. The second kappa shape index (κ2) is 6.21. The van der Waals surface area contributed by atoms with Crippen LogP contribution in [0, 0.1) is 0 Å². The number of halogens is 2. The van der Waals surface area contributed by atoms with Crippen molar-refractivity contribution in [3.05, 3.63) is 63.0 Å². The molecule has 0 bridgehead atoms. The first-order valence-corrected chi connectivity index (χ1v) is 7.15. The summed E-state index contributed by atoms with van der Waals surface area (Å²) in [4.78, 5) is 11.4. The Morgan fingerprint density at radius 1 is 1.05 bits per heavy atom. The van der Waals surface area contributed by atoms with Crippen LogP contribution in [0.3, 0.4) is 0 Å². The molecule has 2 rings (SSSR count). The third-order valence-corrected chi connectivity index (χ3v) is 3.61. The van der Waals surface area contributed by atoms with Crippen molar-refractivity contribution in [3.8, 4) is 0 Å². The van der Waals surface area contributed by atoms with Crippen LogP contribution in [0.5, 0.6) is 0 Å². The van der Waals surface area contributed by atoms with Crippen LogP contribution in [0.1, 0.15) is 11.6 Å². The average Bonchev–Trinajstić information content (AvgIpc) is 2.37. The van der Waals surface area contributed by atoms with Crippen molar-refractivity contribution in [2.75, 3.05) is 5.32 Å². The molecule has 0 saturated carbocycles. The summed E-state index contributed by atoms with van der Waals surface area (Å²) in [6.07, 6.45) is 0. The van der Waals surface area contributed by atoms with E-state index in [0.29, 0.717) is 5.56 Å². The molecule has 0 aromatic heterocycles. The molecule has 0 amide bonds. The van der Waals surface area contributed by atoms with Gasteiger partial charge in [-0.15, -0.1) is 0 Å². The van der Waals surface area contributed by atoms with Gasteiger partial charge < -0.3 is 10.4 Å². The first-order valence-electron chi connectivity index (χ1n) is 5.56. The molecule has 1 unspecified atom stereocenters. The van der Waals surface area contributed by atoms with Crippen molar-refractivity contribution in [3.63, 3.8) is 0 Å². The number of benzene rings is 2. The number of hydrogen-bond acceptors (Lipinski definition) is 2. The van der Waals surface area contributed by atoms with Crippen molar-refractivity contribution >= 4 is 43.5 Å². The molecular formula is C14H11Br2NO2. The summed E-state index contributed by atoms with van der Waals surface area (Å²) >= 11 is 6.70. The maximum Gasteiger partial charge on any atom is 0.330 e. The lowest BCUT2D eigenvalue weighted by Crippen LogP contribution is -2.20. The van der Waals surface area contributed by atoms with Crippen LogP contribution in [-0.4, -0.2) is 11.1 Å². The fourth-order valence-electron chi connectivity index (χ4n) is 1.69. The van der Waals surface area contributed by atoms with Gasteiger partial charge >= 0.3 is 5.97 Å². The van der Waals surface area contributed by atoms with Gasteiger partial charge in [0.05, 0.1) is 0 Å². The number of nitrogens with one attached hydrogen (secondary N) is 1. The van der Waals surface area contributed by atoms with Crippen LogP contribution in [0.15, 0.2) is 57.5 Å². The highest BCUT2D eigenvalue weighted by molar-refractivity contribution is 9.10. The third kappa shape index (κ3) is 3.81. The number of carboxylic acid groups (broad SMARTS) is 1. The molecule has 2 aromatic rings. The second-order valence-electron chi connectivity index (χ2n) is 3.98. The summed E-state index contributed by atoms with van der Waals surface area (Å²) in [7, 11) is 0. The van der Waals surface area contributed by atoms with Gasteiger partial charge in [-0.1, -0.05) is 50.1 Å². The summed E-state index contributed by atoms with van der Waals surface area (Å²) in [5, 5.41) is 12.4. The van der Waals surface area contributed by atoms with Crippen LogP contribution in [0.4, 0.5) is 5.69 Å². The van der Waals surface area contributed by atoms with Crippen molar-refractivity contribution in [2.24, 2.45) is 0 Å². The Labute approximate surface area is 127 Å². The van der Waals surface area contributed by atoms with E-state index in [1.54, 1.807) is 12.1 Å². The van der Waals surface area contributed by atoms with Gasteiger partial charge in [0.1, 0.15) is 0 Å². The van der Waals surface area contributed by atoms with Gasteiger partial charge in [0.15, 0.2) is 6.04 Å². The minimum absolute atomic E-state index is 0.704. The van der Waals surface area contributed by atoms with E-state index in [0.717, 1.165) is 14.6 Å². The standard InChI is InChI=1S/C14H11Br2NO2/c15-10-6-4-9(5-7-10)13(14(18)19)17-12-3-1-2-11(16)8-12/h1-8,13,17H,(H,18,19). The molecule has 0 heterocycles. The summed E-state index contributed by atoms with van der Waals surface area (Å²) in [5.74, 6) is -0.915. The van der Waals surface area contributed by atoms with Crippen LogP contribution < -0.4 is 5.32 Å². The molecule has 0 aliphatic rings. The number of aliphatic carboxylic acids is 1. The number of rotatable bonds is 4. The topological polar surface area (TPSA) is 49.3 Å². The molecule has 98 valence electrons. The zero-order valence-electron chi connectivity index (χ0n) is 9.81. The summed E-state index contributed by atoms with van der Waals surface area (Å²) in [6.45, 7) is 0. The number of carbonyl (C=O) groups is 1. The minimum atomic E-state index is -0.915. The van der Waals surface area contributed by atoms with Gasteiger partial charge in [-0.05, 0) is 35.9 Å². The van der Waals surface area contributed by atoms with E-state index in [-0.39, 0.29) is 0 Å². The van der Waals surface area contributed by atoms with Crippen LogP contribution in [0.25, 0.3) is 0 Å². The molecule has 2 N–H and O–H groups in total. The van der Waals surface area contributed by atoms with Crippen molar-refractivity contribution in [2.45, 2.75) is 6.04 Å². The monoisotopic (exact) mass is 383 g/mol. The fraction of sp³-hybridized carbons (Fsp3) is 0.0714. The average molecular weight is 385 g/mol. The van der Waals surface area contributed by atoms with Crippen molar-refractivity contribution in [1.29, 1.82) is 0 Å². The maximum atomic E-state index is 11.4. The molecule has 2 aromatic carbocycles. The van der Waals surface area contributed by atoms with Crippen LogP contribution in [-0.2, 0) is 4.79 Å². The molecule has 0 spiro atoms. The Balaban J connectivity index is 2.26. The molecule has 0 aliphatic heterocycles. The zero-order valence-corrected chi connectivity index (χ0v) is 13.0. The second-order valence-corrected chi connectivity index (χ2v) is 5.81. The van der Waals surface area contributed by atoms with Gasteiger partial charge in [-0.2, -0.15) is 0 Å². The van der Waals surface area contributed by atoms with E-state index in [1.807, 2.05) is 36.4 Å². The molecule has 19 heavy (non-hydrogen) atoms. The first-order chi connectivity index (χ1) is 9.06. The molecule has 0 saturated heterocycles. The van der Waals surface area contributed by atoms with Gasteiger partial charge in [0.25, 0.3) is 0 Å². The first kappa shape index (κ1) is 14.1. The molecule has 0 aliphatic carbocycles. The molecule has 0 radical (unpaired) electrons. The fourth-order valence-corrected chi connectivity index (χ4v) is 2.35. The summed E-state index contributed by atoms with van der Waals surface area (Å²) in [6, 6.07) is 13.9. The van der Waals surface area contributed by atoms with E-state index in [9.17, 15) is 9.90 Å². The quantitative estimate of drug-likeness (QED) is 0.818. The van der Waals surface area contributed by atoms with E-state index >= 15 is 0 Å². The highest BCUT2D eigenvalue weighted by Crippen LogP contribution is 2.23. The predicted molar refractivity (Wildman–Crippen MR) is 82.3 cm³/mol. The Kier molecular flexibility index (Phi) is 4.61. The lowest BCUT2D eigenvalue weighted by molar-refractivity contribution is -0.138. The van der Waals surface area contributed by atoms with E-state index < -0.39 is 12.0 Å². The van der Waals surface area contributed by atoms with Crippen LogP contribution >= 0.6 is 31.9 Å². The molecule has 0 fully saturated rings. The highest BCUT2D eigenvalue weighted by Gasteiger charge is 2.19. The summed E-state index contributed by atoms with van der Waals surface area (Å²) < 4.78 is 1.82. The third-order valence-electron chi connectivity index (χ3n) is 2.59. The van der Waals surface area contributed by atoms with Gasteiger partial charge in [-0.3, -0.25) is 0 Å². The van der Waals surface area contributed by atoms with Crippen molar-refractivity contribution in [1.82, 2.24) is 0 Å². The molecule has 3 nitrogen and oxygen atoms in total. The SMILES string of the molecule is O=C(O)C(Nc1cccc(Br)c1)c1ccc(Br)cc1. The highest BCUT2D eigenvalue weighted by atomic mass is 79.9. The summed E-state index contributed by atoms with van der Waals surface area (Å²) in [5.41, 5.74) is 1.46. The Bertz CT molecular complexity index is 584. The van der Waals surface area contributed by atoms with E-state index in [1.165, 1.54) is 0 Å². The maximum absolute atomic E-state index is 11.4. The zero-order chi connectivity index (χ0) is 13.8. The lowest BCUT2D eigenvalue weighted by Gasteiger charge is -2.16. The van der Waals surface area contributed by atoms with E-state index in [4.69, 9.17) is 0 Å². The minimum Gasteiger partial charge on any atom is -0.479 e. The molecule has 5 heteroatoms. The smallest absolute Gasteiger partial charge is 0.330 e. The Morgan fingerprint density at radius 3 is 2.32 bits per heavy atom. The van der Waals surface area contributed by atoms with Crippen LogP contribution in [0.2, 0.25) is 0 Å². The number of anilines is 1. The number of hydrogen-bond donors (Lipinski definition) is 2. The molecule has 1 atom stereocenters.